The molecule has 1 aliphatic heterocycles. The van der Waals surface area contributed by atoms with E-state index in [0.717, 1.165) is 25.9 Å². The van der Waals surface area contributed by atoms with E-state index in [1.54, 1.807) is 6.07 Å². The molecular weight excluding hydrogens is 311 g/mol. The van der Waals surface area contributed by atoms with E-state index >= 15 is 0 Å². The highest BCUT2D eigenvalue weighted by Gasteiger charge is 2.17. The number of halogens is 2. The summed E-state index contributed by atoms with van der Waals surface area (Å²) >= 11 is 12.2. The van der Waals surface area contributed by atoms with Crippen LogP contribution >= 0.6 is 23.2 Å². The third kappa shape index (κ3) is 4.38. The number of amides is 1. The van der Waals surface area contributed by atoms with Crippen LogP contribution in [0.3, 0.4) is 0 Å². The number of anilines is 2. The zero-order valence-electron chi connectivity index (χ0n) is 12.1. The molecule has 1 saturated heterocycles. The molecule has 21 heavy (non-hydrogen) atoms. The lowest BCUT2D eigenvalue weighted by molar-refractivity contribution is -0.130. The Balaban J connectivity index is 1.98. The number of carbonyl (C=O) groups excluding carboxylic acids is 1. The third-order valence-corrected chi connectivity index (χ3v) is 3.97. The summed E-state index contributed by atoms with van der Waals surface area (Å²) < 4.78 is 0. The van der Waals surface area contributed by atoms with Gasteiger partial charge in [0.1, 0.15) is 11.6 Å². The number of pyridine rings is 1. The predicted molar refractivity (Wildman–Crippen MR) is 87.3 cm³/mol. The maximum absolute atomic E-state index is 12.1. The second-order valence-corrected chi connectivity index (χ2v) is 5.79. The Bertz CT molecular complexity index is 504. The zero-order valence-corrected chi connectivity index (χ0v) is 13.6. The van der Waals surface area contributed by atoms with Gasteiger partial charge in [-0.05, 0) is 32.3 Å². The minimum absolute atomic E-state index is 0.0764. The highest BCUT2D eigenvalue weighted by Crippen LogP contribution is 2.29. The first-order valence-corrected chi connectivity index (χ1v) is 7.99. The first kappa shape index (κ1) is 16.2. The van der Waals surface area contributed by atoms with Gasteiger partial charge < -0.3 is 15.5 Å². The van der Waals surface area contributed by atoms with Crippen LogP contribution in [0.2, 0.25) is 10.0 Å². The Kier molecular flexibility index (Phi) is 5.94. The minimum atomic E-state index is 0.0764. The number of nitrogens with zero attached hydrogens (tertiary/aromatic N) is 2. The summed E-state index contributed by atoms with van der Waals surface area (Å²) in [7, 11) is 0. The van der Waals surface area contributed by atoms with Crippen LogP contribution < -0.4 is 10.6 Å². The van der Waals surface area contributed by atoms with Crippen LogP contribution in [0.1, 0.15) is 26.2 Å². The molecule has 0 aliphatic carbocycles. The lowest BCUT2D eigenvalue weighted by Crippen LogP contribution is -2.39. The van der Waals surface area contributed by atoms with Gasteiger partial charge in [0.2, 0.25) is 5.91 Å². The zero-order chi connectivity index (χ0) is 15.2. The van der Waals surface area contributed by atoms with Crippen LogP contribution in [0.15, 0.2) is 6.07 Å². The molecule has 1 aliphatic rings. The number of rotatable bonds is 5. The number of carbonyl (C=O) groups is 1. The summed E-state index contributed by atoms with van der Waals surface area (Å²) in [5, 5.41) is 6.94. The Hall–Kier alpha value is -1.20. The Morgan fingerprint density at radius 3 is 2.43 bits per heavy atom. The maximum Gasteiger partial charge on any atom is 0.241 e. The highest BCUT2D eigenvalue weighted by molar-refractivity contribution is 6.37. The number of likely N-dealkylation sites (tertiary alicyclic amines) is 1. The molecule has 2 N–H and O–H groups in total. The smallest absolute Gasteiger partial charge is 0.241 e. The first-order valence-electron chi connectivity index (χ1n) is 7.23. The van der Waals surface area contributed by atoms with Gasteiger partial charge in [-0.25, -0.2) is 4.98 Å². The van der Waals surface area contributed by atoms with Crippen molar-refractivity contribution in [3.8, 4) is 0 Å². The third-order valence-electron chi connectivity index (χ3n) is 3.39. The van der Waals surface area contributed by atoms with Crippen LogP contribution in [0, 0.1) is 0 Å². The molecule has 0 atom stereocenters. The van der Waals surface area contributed by atoms with Gasteiger partial charge in [0, 0.05) is 19.6 Å². The van der Waals surface area contributed by atoms with E-state index in [-0.39, 0.29) is 12.5 Å². The molecule has 5 nitrogen and oxygen atoms in total. The molecule has 116 valence electrons. The topological polar surface area (TPSA) is 57.3 Å². The molecule has 1 aromatic rings. The van der Waals surface area contributed by atoms with E-state index in [9.17, 15) is 4.79 Å². The van der Waals surface area contributed by atoms with Crippen molar-refractivity contribution in [2.75, 3.05) is 36.8 Å². The van der Waals surface area contributed by atoms with Crippen molar-refractivity contribution in [2.45, 2.75) is 26.2 Å². The van der Waals surface area contributed by atoms with Crippen molar-refractivity contribution in [2.24, 2.45) is 0 Å². The molecule has 2 rings (SSSR count). The summed E-state index contributed by atoms with van der Waals surface area (Å²) in [5.41, 5.74) is 0. The van der Waals surface area contributed by atoms with Crippen LogP contribution in [0.4, 0.5) is 11.6 Å². The average Bonchev–Trinajstić information content (AvgIpc) is 2.49. The van der Waals surface area contributed by atoms with Gasteiger partial charge in [0.25, 0.3) is 0 Å². The second-order valence-electron chi connectivity index (χ2n) is 4.97. The number of nitrogens with one attached hydrogen (secondary N) is 2. The molecule has 0 spiro atoms. The number of hydrogen-bond acceptors (Lipinski definition) is 4. The normalized spacial score (nSPS) is 14.9. The Morgan fingerprint density at radius 2 is 1.81 bits per heavy atom. The number of aromatic nitrogens is 1. The average molecular weight is 331 g/mol. The van der Waals surface area contributed by atoms with Crippen LogP contribution in [0.25, 0.3) is 0 Å². The predicted octanol–water partition coefficient (Wildman–Crippen LogP) is 3.24. The molecule has 0 radical (unpaired) electrons. The molecule has 2 heterocycles. The van der Waals surface area contributed by atoms with E-state index in [1.807, 2.05) is 11.8 Å². The molecule has 1 amide bonds. The van der Waals surface area contributed by atoms with E-state index < -0.39 is 0 Å². The molecule has 0 unspecified atom stereocenters. The lowest BCUT2D eigenvalue weighted by Gasteiger charge is -2.26. The van der Waals surface area contributed by atoms with Crippen molar-refractivity contribution in [1.29, 1.82) is 0 Å². The summed E-state index contributed by atoms with van der Waals surface area (Å²) in [5.74, 6) is 1.12. The van der Waals surface area contributed by atoms with Gasteiger partial charge in [0.05, 0.1) is 16.6 Å². The largest absolute Gasteiger partial charge is 0.369 e. The summed E-state index contributed by atoms with van der Waals surface area (Å²) in [6, 6.07) is 1.63. The molecule has 0 saturated carbocycles. The maximum atomic E-state index is 12.1. The fourth-order valence-electron chi connectivity index (χ4n) is 2.30. The molecule has 0 aromatic carbocycles. The van der Waals surface area contributed by atoms with Crippen molar-refractivity contribution in [3.05, 3.63) is 16.1 Å². The highest BCUT2D eigenvalue weighted by atomic mass is 35.5. The minimum Gasteiger partial charge on any atom is -0.369 e. The van der Waals surface area contributed by atoms with Gasteiger partial charge in [-0.2, -0.15) is 0 Å². The van der Waals surface area contributed by atoms with E-state index in [4.69, 9.17) is 23.2 Å². The quantitative estimate of drug-likeness (QED) is 0.870. The SMILES string of the molecule is CCNc1nc(NCC(=O)N2CCCCC2)c(Cl)cc1Cl. The van der Waals surface area contributed by atoms with Crippen molar-refractivity contribution in [3.63, 3.8) is 0 Å². The van der Waals surface area contributed by atoms with Crippen LogP contribution in [-0.4, -0.2) is 42.0 Å². The van der Waals surface area contributed by atoms with Crippen molar-refractivity contribution >= 4 is 40.7 Å². The monoisotopic (exact) mass is 330 g/mol. The summed E-state index contributed by atoms with van der Waals surface area (Å²) in [6.45, 7) is 4.54. The van der Waals surface area contributed by atoms with Gasteiger partial charge in [-0.3, -0.25) is 4.79 Å². The fraction of sp³-hybridized carbons (Fsp3) is 0.571. The first-order chi connectivity index (χ1) is 10.1. The molecular formula is C14H20Cl2N4O. The number of piperidine rings is 1. The molecule has 0 bridgehead atoms. The Morgan fingerprint density at radius 1 is 1.19 bits per heavy atom. The standard InChI is InChI=1S/C14H20Cl2N4O/c1-2-17-13-10(15)8-11(16)14(19-13)18-9-12(21)20-6-4-3-5-7-20/h8H,2-7,9H2,1H3,(H2,17,18,19). The van der Waals surface area contributed by atoms with Gasteiger partial charge in [0.15, 0.2) is 0 Å². The Labute approximate surface area is 135 Å². The van der Waals surface area contributed by atoms with Crippen molar-refractivity contribution < 1.29 is 4.79 Å². The van der Waals surface area contributed by atoms with Gasteiger partial charge in [-0.15, -0.1) is 0 Å². The number of hydrogen-bond donors (Lipinski definition) is 2. The van der Waals surface area contributed by atoms with Gasteiger partial charge >= 0.3 is 0 Å². The van der Waals surface area contributed by atoms with E-state index in [2.05, 4.69) is 15.6 Å². The molecule has 1 fully saturated rings. The van der Waals surface area contributed by atoms with E-state index in [1.165, 1.54) is 6.42 Å². The van der Waals surface area contributed by atoms with Crippen LogP contribution in [0.5, 0.6) is 0 Å². The summed E-state index contributed by atoms with van der Waals surface area (Å²) in [4.78, 5) is 18.3. The molecule has 1 aromatic heterocycles. The van der Waals surface area contributed by atoms with Crippen molar-refractivity contribution in [1.82, 2.24) is 9.88 Å². The second kappa shape index (κ2) is 7.71. The fourth-order valence-corrected chi connectivity index (χ4v) is 2.79. The van der Waals surface area contributed by atoms with E-state index in [0.29, 0.717) is 28.2 Å². The van der Waals surface area contributed by atoms with Gasteiger partial charge in [-0.1, -0.05) is 23.2 Å². The van der Waals surface area contributed by atoms with Crippen LogP contribution in [-0.2, 0) is 4.79 Å². The summed E-state index contributed by atoms with van der Waals surface area (Å²) in [6.07, 6.45) is 3.36. The molecule has 7 heteroatoms. The lowest BCUT2D eigenvalue weighted by atomic mass is 10.1.